The van der Waals surface area contributed by atoms with Crippen molar-refractivity contribution in [2.45, 2.75) is 6.54 Å². The number of halogens is 3. The van der Waals surface area contributed by atoms with E-state index < -0.39 is 0 Å². The Morgan fingerprint density at radius 2 is 1.81 bits per heavy atom. The Morgan fingerprint density at radius 3 is 2.62 bits per heavy atom. The number of anilines is 1. The number of rotatable bonds is 4. The zero-order valence-corrected chi connectivity index (χ0v) is 13.4. The van der Waals surface area contributed by atoms with Crippen LogP contribution >= 0.6 is 34.8 Å². The van der Waals surface area contributed by atoms with Crippen LogP contribution in [0, 0.1) is 0 Å². The fourth-order valence-corrected chi connectivity index (χ4v) is 3.07. The average molecular weight is 340 g/mol. The molecule has 21 heavy (non-hydrogen) atoms. The van der Waals surface area contributed by atoms with E-state index in [1.54, 1.807) is 6.07 Å². The average Bonchev–Trinajstić information content (AvgIpc) is 2.82. The van der Waals surface area contributed by atoms with Crippen molar-refractivity contribution in [3.05, 3.63) is 63.7 Å². The Labute approximate surface area is 138 Å². The highest BCUT2D eigenvalue weighted by Crippen LogP contribution is 2.28. The highest BCUT2D eigenvalue weighted by molar-refractivity contribution is 6.38. The predicted octanol–water partition coefficient (Wildman–Crippen LogP) is 5.71. The van der Waals surface area contributed by atoms with Crippen LogP contribution in [-0.2, 0) is 6.54 Å². The van der Waals surface area contributed by atoms with Gasteiger partial charge in [-0.15, -0.1) is 0 Å². The molecule has 5 heteroatoms. The minimum absolute atomic E-state index is 0.648. The van der Waals surface area contributed by atoms with Crippen LogP contribution in [0.5, 0.6) is 0 Å². The molecule has 0 bridgehead atoms. The zero-order valence-electron chi connectivity index (χ0n) is 11.1. The highest BCUT2D eigenvalue weighted by Gasteiger charge is 2.06. The SMILES string of the molecule is Clc1cccc(NCCn2ccc3c(Cl)cc(Cl)cc32)c1. The van der Waals surface area contributed by atoms with Crippen molar-refractivity contribution in [2.24, 2.45) is 0 Å². The van der Waals surface area contributed by atoms with E-state index >= 15 is 0 Å². The first-order chi connectivity index (χ1) is 10.1. The summed E-state index contributed by atoms with van der Waals surface area (Å²) >= 11 is 18.2. The Bertz CT molecular complexity index is 780. The van der Waals surface area contributed by atoms with Crippen molar-refractivity contribution < 1.29 is 0 Å². The number of hydrogen-bond acceptors (Lipinski definition) is 1. The number of hydrogen-bond donors (Lipinski definition) is 1. The van der Waals surface area contributed by atoms with Crippen molar-refractivity contribution in [1.82, 2.24) is 4.57 Å². The van der Waals surface area contributed by atoms with Gasteiger partial charge in [-0.3, -0.25) is 0 Å². The van der Waals surface area contributed by atoms with E-state index in [9.17, 15) is 0 Å². The minimum Gasteiger partial charge on any atom is -0.383 e. The lowest BCUT2D eigenvalue weighted by Crippen LogP contribution is -2.09. The molecule has 0 atom stereocenters. The quantitative estimate of drug-likeness (QED) is 0.644. The van der Waals surface area contributed by atoms with Crippen LogP contribution in [0.4, 0.5) is 5.69 Å². The maximum atomic E-state index is 6.19. The van der Waals surface area contributed by atoms with E-state index in [2.05, 4.69) is 9.88 Å². The summed E-state index contributed by atoms with van der Waals surface area (Å²) in [5.41, 5.74) is 2.05. The van der Waals surface area contributed by atoms with Crippen molar-refractivity contribution in [2.75, 3.05) is 11.9 Å². The third kappa shape index (κ3) is 3.29. The summed E-state index contributed by atoms with van der Waals surface area (Å²) in [6.45, 7) is 1.60. The summed E-state index contributed by atoms with van der Waals surface area (Å²) in [5.74, 6) is 0. The van der Waals surface area contributed by atoms with Gasteiger partial charge in [0.1, 0.15) is 0 Å². The molecule has 0 unspecified atom stereocenters. The third-order valence-corrected chi connectivity index (χ3v) is 4.08. The van der Waals surface area contributed by atoms with Gasteiger partial charge in [-0.25, -0.2) is 0 Å². The second kappa shape index (κ2) is 6.18. The molecule has 0 saturated carbocycles. The molecule has 2 aromatic carbocycles. The molecule has 1 N–H and O–H groups in total. The molecule has 0 amide bonds. The van der Waals surface area contributed by atoms with Crippen LogP contribution in [0.15, 0.2) is 48.7 Å². The molecule has 0 fully saturated rings. The van der Waals surface area contributed by atoms with Gasteiger partial charge in [0.2, 0.25) is 0 Å². The summed E-state index contributed by atoms with van der Waals surface area (Å²) in [6, 6.07) is 13.4. The number of nitrogens with one attached hydrogen (secondary N) is 1. The van der Waals surface area contributed by atoms with Crippen molar-refractivity contribution in [3.63, 3.8) is 0 Å². The zero-order chi connectivity index (χ0) is 14.8. The van der Waals surface area contributed by atoms with Crippen molar-refractivity contribution in [1.29, 1.82) is 0 Å². The number of benzene rings is 2. The van der Waals surface area contributed by atoms with E-state index in [4.69, 9.17) is 34.8 Å². The molecule has 1 heterocycles. The first kappa shape index (κ1) is 14.6. The number of aromatic nitrogens is 1. The lowest BCUT2D eigenvalue weighted by molar-refractivity contribution is 0.757. The van der Waals surface area contributed by atoms with E-state index in [0.717, 1.165) is 34.7 Å². The second-order valence-corrected chi connectivity index (χ2v) is 6.05. The molecular weight excluding hydrogens is 327 g/mol. The van der Waals surface area contributed by atoms with Gasteiger partial charge in [-0.2, -0.15) is 0 Å². The lowest BCUT2D eigenvalue weighted by atomic mass is 10.2. The molecule has 3 rings (SSSR count). The summed E-state index contributed by atoms with van der Waals surface area (Å²) in [4.78, 5) is 0. The third-order valence-electron chi connectivity index (χ3n) is 3.31. The molecule has 2 nitrogen and oxygen atoms in total. The minimum atomic E-state index is 0.648. The van der Waals surface area contributed by atoms with Gasteiger partial charge in [0.25, 0.3) is 0 Å². The first-order valence-corrected chi connectivity index (χ1v) is 7.70. The van der Waals surface area contributed by atoms with Gasteiger partial charge in [-0.05, 0) is 36.4 Å². The maximum Gasteiger partial charge on any atom is 0.0514 e. The van der Waals surface area contributed by atoms with Crippen LogP contribution in [0.1, 0.15) is 0 Å². The molecule has 0 aliphatic heterocycles. The van der Waals surface area contributed by atoms with E-state index in [-0.39, 0.29) is 0 Å². The summed E-state index contributed by atoms with van der Waals surface area (Å²) in [5, 5.41) is 6.42. The van der Waals surface area contributed by atoms with Crippen molar-refractivity contribution >= 4 is 51.4 Å². The van der Waals surface area contributed by atoms with Gasteiger partial charge in [0.05, 0.1) is 10.5 Å². The maximum absolute atomic E-state index is 6.19. The Balaban J connectivity index is 1.74. The number of nitrogens with zero attached hydrogens (tertiary/aromatic N) is 1. The molecule has 0 spiro atoms. The Hall–Kier alpha value is -1.35. The van der Waals surface area contributed by atoms with Crippen LogP contribution in [0.3, 0.4) is 0 Å². The van der Waals surface area contributed by atoms with Crippen LogP contribution < -0.4 is 5.32 Å². The summed E-state index contributed by atoms with van der Waals surface area (Å²) in [6.07, 6.45) is 2.02. The van der Waals surface area contributed by atoms with E-state index in [0.29, 0.717) is 10.0 Å². The highest BCUT2D eigenvalue weighted by atomic mass is 35.5. The summed E-state index contributed by atoms with van der Waals surface area (Å²) < 4.78 is 2.13. The van der Waals surface area contributed by atoms with Gasteiger partial charge >= 0.3 is 0 Å². The van der Waals surface area contributed by atoms with Gasteiger partial charge < -0.3 is 9.88 Å². The lowest BCUT2D eigenvalue weighted by Gasteiger charge is -2.09. The Morgan fingerprint density at radius 1 is 0.952 bits per heavy atom. The number of fused-ring (bicyclic) bond motifs is 1. The van der Waals surface area contributed by atoms with Gasteiger partial charge in [0, 0.05) is 40.4 Å². The topological polar surface area (TPSA) is 17.0 Å². The normalized spacial score (nSPS) is 11.0. The van der Waals surface area contributed by atoms with Gasteiger partial charge in [-0.1, -0.05) is 40.9 Å². The fourth-order valence-electron chi connectivity index (χ4n) is 2.33. The second-order valence-electron chi connectivity index (χ2n) is 4.77. The largest absolute Gasteiger partial charge is 0.383 e. The molecule has 1 aromatic heterocycles. The van der Waals surface area contributed by atoms with Crippen molar-refractivity contribution in [3.8, 4) is 0 Å². The monoisotopic (exact) mass is 338 g/mol. The van der Waals surface area contributed by atoms with Gasteiger partial charge in [0.15, 0.2) is 0 Å². The molecule has 0 radical (unpaired) electrons. The first-order valence-electron chi connectivity index (χ1n) is 6.57. The van der Waals surface area contributed by atoms with Crippen LogP contribution in [-0.4, -0.2) is 11.1 Å². The molecule has 0 aliphatic carbocycles. The molecule has 0 aliphatic rings. The standard InChI is InChI=1S/C16H13Cl3N2/c17-11-2-1-3-13(8-11)20-5-7-21-6-4-14-15(19)9-12(18)10-16(14)21/h1-4,6,8-10,20H,5,7H2. The van der Waals surface area contributed by atoms with Crippen LogP contribution in [0.25, 0.3) is 10.9 Å². The Kier molecular flexibility index (Phi) is 4.29. The fraction of sp³-hybridized carbons (Fsp3) is 0.125. The molecule has 3 aromatic rings. The molecular formula is C16H13Cl3N2. The molecule has 0 saturated heterocycles. The van der Waals surface area contributed by atoms with Crippen LogP contribution in [0.2, 0.25) is 15.1 Å². The predicted molar refractivity (Wildman–Crippen MR) is 91.9 cm³/mol. The van der Waals surface area contributed by atoms with E-state index in [1.807, 2.05) is 42.6 Å². The van der Waals surface area contributed by atoms with E-state index in [1.165, 1.54) is 0 Å². The summed E-state index contributed by atoms with van der Waals surface area (Å²) in [7, 11) is 0. The molecule has 108 valence electrons. The smallest absolute Gasteiger partial charge is 0.0514 e.